The summed E-state index contributed by atoms with van der Waals surface area (Å²) < 4.78 is 5.04. The quantitative estimate of drug-likeness (QED) is 0.597. The highest BCUT2D eigenvalue weighted by molar-refractivity contribution is 5.90. The van der Waals surface area contributed by atoms with Crippen LogP contribution in [-0.4, -0.2) is 24.3 Å². The third kappa shape index (κ3) is 3.55. The highest BCUT2D eigenvalue weighted by Crippen LogP contribution is 2.12. The lowest BCUT2D eigenvalue weighted by Crippen LogP contribution is -2.14. The molecule has 0 amide bonds. The SMILES string of the molecule is Cc1cc(N)cc(C(=O)OCC(C)CO)c1. The predicted molar refractivity (Wildman–Crippen MR) is 62.1 cm³/mol. The van der Waals surface area contributed by atoms with Crippen LogP contribution in [0.5, 0.6) is 0 Å². The topological polar surface area (TPSA) is 72.6 Å². The summed E-state index contributed by atoms with van der Waals surface area (Å²) in [7, 11) is 0. The zero-order valence-electron chi connectivity index (χ0n) is 9.56. The molecule has 88 valence electrons. The van der Waals surface area contributed by atoms with Gasteiger partial charge >= 0.3 is 5.97 Å². The van der Waals surface area contributed by atoms with Gasteiger partial charge in [0.15, 0.2) is 0 Å². The molecule has 0 aliphatic heterocycles. The van der Waals surface area contributed by atoms with Crippen LogP contribution in [0.2, 0.25) is 0 Å². The van der Waals surface area contributed by atoms with Crippen LogP contribution in [0, 0.1) is 12.8 Å². The first-order valence-corrected chi connectivity index (χ1v) is 5.18. The fraction of sp³-hybridized carbons (Fsp3) is 0.417. The van der Waals surface area contributed by atoms with E-state index in [1.54, 1.807) is 25.1 Å². The molecule has 1 aromatic rings. The molecule has 0 spiro atoms. The minimum Gasteiger partial charge on any atom is -0.462 e. The molecular formula is C12H17NO3. The summed E-state index contributed by atoms with van der Waals surface area (Å²) in [4.78, 5) is 11.6. The first kappa shape index (κ1) is 12.5. The Morgan fingerprint density at radius 1 is 1.50 bits per heavy atom. The Bertz CT molecular complexity index is 356. The van der Waals surface area contributed by atoms with Gasteiger partial charge in [0.25, 0.3) is 0 Å². The van der Waals surface area contributed by atoms with E-state index in [0.717, 1.165) is 5.56 Å². The fourth-order valence-corrected chi connectivity index (χ4v) is 1.28. The van der Waals surface area contributed by atoms with Crippen LogP contribution in [0.25, 0.3) is 0 Å². The Kier molecular flexibility index (Phi) is 4.31. The molecule has 0 heterocycles. The van der Waals surface area contributed by atoms with Crippen molar-refractivity contribution in [3.63, 3.8) is 0 Å². The number of aliphatic hydroxyl groups excluding tert-OH is 1. The summed E-state index contributed by atoms with van der Waals surface area (Å²) in [5.74, 6) is -0.457. The van der Waals surface area contributed by atoms with Crippen LogP contribution in [0.4, 0.5) is 5.69 Å². The molecule has 0 radical (unpaired) electrons. The predicted octanol–water partition coefficient (Wildman–Crippen LogP) is 1.36. The molecule has 3 N–H and O–H groups in total. The maximum atomic E-state index is 11.6. The average Bonchev–Trinajstić information content (AvgIpc) is 2.23. The van der Waals surface area contributed by atoms with Crippen LogP contribution in [0.1, 0.15) is 22.8 Å². The lowest BCUT2D eigenvalue weighted by molar-refractivity contribution is 0.0405. The minimum atomic E-state index is -0.407. The van der Waals surface area contributed by atoms with Gasteiger partial charge in [-0.05, 0) is 30.7 Å². The van der Waals surface area contributed by atoms with Gasteiger partial charge in [-0.1, -0.05) is 6.92 Å². The number of hydrogen-bond donors (Lipinski definition) is 2. The van der Waals surface area contributed by atoms with Crippen molar-refractivity contribution in [2.24, 2.45) is 5.92 Å². The van der Waals surface area contributed by atoms with Crippen molar-refractivity contribution in [3.8, 4) is 0 Å². The molecule has 0 bridgehead atoms. The monoisotopic (exact) mass is 223 g/mol. The van der Waals surface area contributed by atoms with Gasteiger partial charge in [-0.25, -0.2) is 4.79 Å². The molecule has 0 aromatic heterocycles. The van der Waals surface area contributed by atoms with E-state index in [0.29, 0.717) is 11.3 Å². The van der Waals surface area contributed by atoms with Crippen molar-refractivity contribution in [2.75, 3.05) is 18.9 Å². The lowest BCUT2D eigenvalue weighted by Gasteiger charge is -2.09. The normalized spacial score (nSPS) is 12.2. The number of ether oxygens (including phenoxy) is 1. The standard InChI is InChI=1S/C12H17NO3/c1-8-3-10(5-11(13)4-8)12(15)16-7-9(2)6-14/h3-5,9,14H,6-7,13H2,1-2H3. The van der Waals surface area contributed by atoms with Crippen molar-refractivity contribution >= 4 is 11.7 Å². The second-order valence-electron chi connectivity index (χ2n) is 4.02. The van der Waals surface area contributed by atoms with Crippen molar-refractivity contribution in [2.45, 2.75) is 13.8 Å². The molecule has 1 atom stereocenters. The number of hydrogen-bond acceptors (Lipinski definition) is 4. The van der Waals surface area contributed by atoms with Gasteiger partial charge in [-0.15, -0.1) is 0 Å². The third-order valence-corrected chi connectivity index (χ3v) is 2.15. The number of nitrogen functional groups attached to an aromatic ring is 1. The smallest absolute Gasteiger partial charge is 0.338 e. The molecule has 0 saturated carbocycles. The summed E-state index contributed by atoms with van der Waals surface area (Å²) >= 11 is 0. The van der Waals surface area contributed by atoms with Crippen molar-refractivity contribution in [3.05, 3.63) is 29.3 Å². The van der Waals surface area contributed by atoms with Crippen LogP contribution < -0.4 is 5.73 Å². The van der Waals surface area contributed by atoms with Gasteiger partial charge < -0.3 is 15.6 Å². The molecule has 4 heteroatoms. The Morgan fingerprint density at radius 3 is 2.75 bits per heavy atom. The number of aliphatic hydroxyl groups is 1. The number of carbonyl (C=O) groups excluding carboxylic acids is 1. The number of aryl methyl sites for hydroxylation is 1. The van der Waals surface area contributed by atoms with Crippen LogP contribution >= 0.6 is 0 Å². The van der Waals surface area contributed by atoms with E-state index in [1.807, 2.05) is 6.92 Å². The van der Waals surface area contributed by atoms with Crippen molar-refractivity contribution in [1.82, 2.24) is 0 Å². The number of anilines is 1. The van der Waals surface area contributed by atoms with E-state index in [9.17, 15) is 4.79 Å². The fourth-order valence-electron chi connectivity index (χ4n) is 1.28. The summed E-state index contributed by atoms with van der Waals surface area (Å²) in [6.45, 7) is 3.88. The van der Waals surface area contributed by atoms with Crippen LogP contribution in [0.15, 0.2) is 18.2 Å². The van der Waals surface area contributed by atoms with E-state index in [-0.39, 0.29) is 19.1 Å². The highest BCUT2D eigenvalue weighted by Gasteiger charge is 2.10. The van der Waals surface area contributed by atoms with Gasteiger partial charge in [0, 0.05) is 18.2 Å². The van der Waals surface area contributed by atoms with E-state index in [2.05, 4.69) is 0 Å². The van der Waals surface area contributed by atoms with Gasteiger partial charge in [0.2, 0.25) is 0 Å². The number of benzene rings is 1. The maximum Gasteiger partial charge on any atom is 0.338 e. The van der Waals surface area contributed by atoms with Crippen molar-refractivity contribution in [1.29, 1.82) is 0 Å². The molecule has 0 fully saturated rings. The lowest BCUT2D eigenvalue weighted by atomic mass is 10.1. The van der Waals surface area contributed by atoms with E-state index in [1.165, 1.54) is 0 Å². The number of nitrogens with two attached hydrogens (primary N) is 1. The molecule has 0 saturated heterocycles. The van der Waals surface area contributed by atoms with Gasteiger partial charge in [-0.2, -0.15) is 0 Å². The highest BCUT2D eigenvalue weighted by atomic mass is 16.5. The summed E-state index contributed by atoms with van der Waals surface area (Å²) in [6, 6.07) is 5.09. The molecular weight excluding hydrogens is 206 g/mol. The zero-order valence-corrected chi connectivity index (χ0v) is 9.56. The molecule has 1 unspecified atom stereocenters. The molecule has 4 nitrogen and oxygen atoms in total. The first-order chi connectivity index (χ1) is 7.52. The third-order valence-electron chi connectivity index (χ3n) is 2.15. The van der Waals surface area contributed by atoms with E-state index < -0.39 is 5.97 Å². The summed E-state index contributed by atoms with van der Waals surface area (Å²) in [6.07, 6.45) is 0. The first-order valence-electron chi connectivity index (χ1n) is 5.18. The number of carbonyl (C=O) groups is 1. The molecule has 16 heavy (non-hydrogen) atoms. The van der Waals surface area contributed by atoms with Crippen LogP contribution in [0.3, 0.4) is 0 Å². The van der Waals surface area contributed by atoms with E-state index in [4.69, 9.17) is 15.6 Å². The summed E-state index contributed by atoms with van der Waals surface area (Å²) in [5, 5.41) is 8.80. The van der Waals surface area contributed by atoms with Gasteiger partial charge in [-0.3, -0.25) is 0 Å². The van der Waals surface area contributed by atoms with Crippen molar-refractivity contribution < 1.29 is 14.6 Å². The Labute approximate surface area is 95.0 Å². The Morgan fingerprint density at radius 2 is 2.19 bits per heavy atom. The van der Waals surface area contributed by atoms with Crippen LogP contribution in [-0.2, 0) is 4.74 Å². The molecule has 1 aromatic carbocycles. The van der Waals surface area contributed by atoms with Gasteiger partial charge in [0.05, 0.1) is 12.2 Å². The second kappa shape index (κ2) is 5.51. The number of rotatable bonds is 4. The second-order valence-corrected chi connectivity index (χ2v) is 4.02. The minimum absolute atomic E-state index is 0.00321. The molecule has 0 aliphatic carbocycles. The van der Waals surface area contributed by atoms with E-state index >= 15 is 0 Å². The van der Waals surface area contributed by atoms with Gasteiger partial charge in [0.1, 0.15) is 0 Å². The zero-order chi connectivity index (χ0) is 12.1. The Hall–Kier alpha value is -1.55. The maximum absolute atomic E-state index is 11.6. The largest absolute Gasteiger partial charge is 0.462 e. The molecule has 1 rings (SSSR count). The molecule has 0 aliphatic rings. The number of esters is 1. The Balaban J connectivity index is 2.66. The average molecular weight is 223 g/mol. The summed E-state index contributed by atoms with van der Waals surface area (Å²) in [5.41, 5.74) is 7.54.